The van der Waals surface area contributed by atoms with Crippen LogP contribution in [0, 0.1) is 11.3 Å². The Labute approximate surface area is 122 Å². The van der Waals surface area contributed by atoms with Crippen molar-refractivity contribution in [1.82, 2.24) is 15.0 Å². The molecule has 0 aliphatic carbocycles. The van der Waals surface area contributed by atoms with Gasteiger partial charge in [0.2, 0.25) is 5.95 Å². The molecular weight excluding hydrogens is 266 g/mol. The fraction of sp³-hybridized carbons (Fsp3) is 0.286. The van der Waals surface area contributed by atoms with Gasteiger partial charge in [-0.3, -0.25) is 0 Å². The Bertz CT molecular complexity index is 657. The van der Waals surface area contributed by atoms with E-state index in [4.69, 9.17) is 11.0 Å². The Morgan fingerprint density at radius 3 is 2.33 bits per heavy atom. The third-order valence-corrected chi connectivity index (χ3v) is 3.50. The molecule has 2 aromatic heterocycles. The molecule has 106 valence electrons. The zero-order valence-corrected chi connectivity index (χ0v) is 11.5. The van der Waals surface area contributed by atoms with Crippen molar-refractivity contribution < 1.29 is 0 Å². The molecule has 2 aromatic rings. The molecule has 1 saturated heterocycles. The maximum absolute atomic E-state index is 9.03. The molecule has 7 heteroatoms. The van der Waals surface area contributed by atoms with Crippen LogP contribution in [-0.4, -0.2) is 41.1 Å². The first kappa shape index (κ1) is 13.1. The quantitative estimate of drug-likeness (QED) is 0.863. The molecular formula is C14H15N7. The van der Waals surface area contributed by atoms with E-state index in [0.29, 0.717) is 17.1 Å². The Morgan fingerprint density at radius 1 is 1.00 bits per heavy atom. The molecule has 7 nitrogen and oxygen atoms in total. The molecule has 3 rings (SSSR count). The Kier molecular flexibility index (Phi) is 3.51. The lowest BCUT2D eigenvalue weighted by molar-refractivity contribution is 0.635. The van der Waals surface area contributed by atoms with Crippen LogP contribution < -0.4 is 15.5 Å². The lowest BCUT2D eigenvalue weighted by atomic mass is 10.2. The first-order chi connectivity index (χ1) is 10.3. The number of nitrogens with two attached hydrogens (primary N) is 1. The molecule has 0 atom stereocenters. The molecule has 0 bridgehead atoms. The molecule has 0 spiro atoms. The molecule has 0 radical (unpaired) electrons. The summed E-state index contributed by atoms with van der Waals surface area (Å²) in [4.78, 5) is 17.0. The monoisotopic (exact) mass is 281 g/mol. The lowest BCUT2D eigenvalue weighted by Gasteiger charge is -2.35. The number of nitriles is 1. The Morgan fingerprint density at radius 2 is 1.67 bits per heavy atom. The highest BCUT2D eigenvalue weighted by atomic mass is 15.3. The smallest absolute Gasteiger partial charge is 0.225 e. The SMILES string of the molecule is N#Cc1ccnc(N2CCN(c3ncccn3)CC2)c1N. The van der Waals surface area contributed by atoms with Gasteiger partial charge in [-0.05, 0) is 12.1 Å². The van der Waals surface area contributed by atoms with E-state index in [1.165, 1.54) is 0 Å². The van der Waals surface area contributed by atoms with Gasteiger partial charge < -0.3 is 15.5 Å². The van der Waals surface area contributed by atoms with Crippen LogP contribution in [0.1, 0.15) is 5.56 Å². The van der Waals surface area contributed by atoms with Crippen LogP contribution in [0.5, 0.6) is 0 Å². The van der Waals surface area contributed by atoms with E-state index in [0.717, 1.165) is 32.1 Å². The molecule has 1 aliphatic rings. The van der Waals surface area contributed by atoms with E-state index >= 15 is 0 Å². The standard InChI is InChI=1S/C14H15N7/c15-10-11-2-5-17-13(12(11)16)20-6-8-21(9-7-20)14-18-3-1-4-19-14/h1-5H,6-9,16H2. The molecule has 0 saturated carbocycles. The largest absolute Gasteiger partial charge is 0.395 e. The first-order valence-electron chi connectivity index (χ1n) is 6.71. The number of aromatic nitrogens is 3. The predicted molar refractivity (Wildman–Crippen MR) is 79.8 cm³/mol. The Hall–Kier alpha value is -2.88. The van der Waals surface area contributed by atoms with Gasteiger partial charge in [0.15, 0.2) is 5.82 Å². The van der Waals surface area contributed by atoms with Crippen LogP contribution in [0.15, 0.2) is 30.7 Å². The minimum atomic E-state index is 0.449. The number of rotatable bonds is 2. The van der Waals surface area contributed by atoms with Gasteiger partial charge in [-0.15, -0.1) is 0 Å². The number of hydrogen-bond acceptors (Lipinski definition) is 7. The van der Waals surface area contributed by atoms with Gasteiger partial charge in [-0.2, -0.15) is 5.26 Å². The van der Waals surface area contributed by atoms with E-state index in [9.17, 15) is 0 Å². The zero-order valence-electron chi connectivity index (χ0n) is 11.5. The second-order valence-electron chi connectivity index (χ2n) is 4.73. The average Bonchev–Trinajstić information content (AvgIpc) is 2.56. The summed E-state index contributed by atoms with van der Waals surface area (Å²) < 4.78 is 0. The second kappa shape index (κ2) is 5.63. The van der Waals surface area contributed by atoms with E-state index in [1.807, 2.05) is 0 Å². The van der Waals surface area contributed by atoms with Crippen molar-refractivity contribution in [1.29, 1.82) is 5.26 Å². The molecule has 0 amide bonds. The van der Waals surface area contributed by atoms with Crippen molar-refractivity contribution in [2.24, 2.45) is 0 Å². The van der Waals surface area contributed by atoms with Crippen molar-refractivity contribution in [2.75, 3.05) is 41.7 Å². The third kappa shape index (κ3) is 2.56. The van der Waals surface area contributed by atoms with Gasteiger partial charge in [-0.25, -0.2) is 15.0 Å². The van der Waals surface area contributed by atoms with Crippen molar-refractivity contribution in [3.8, 4) is 6.07 Å². The lowest BCUT2D eigenvalue weighted by Crippen LogP contribution is -2.47. The molecule has 1 aliphatic heterocycles. The number of anilines is 3. The van der Waals surface area contributed by atoms with Crippen LogP contribution in [0.3, 0.4) is 0 Å². The maximum Gasteiger partial charge on any atom is 0.225 e. The van der Waals surface area contributed by atoms with Crippen LogP contribution in [0.25, 0.3) is 0 Å². The zero-order chi connectivity index (χ0) is 14.7. The average molecular weight is 281 g/mol. The molecule has 3 heterocycles. The van der Waals surface area contributed by atoms with Crippen LogP contribution >= 0.6 is 0 Å². The van der Waals surface area contributed by atoms with E-state index in [-0.39, 0.29) is 0 Å². The summed E-state index contributed by atoms with van der Waals surface area (Å²) in [7, 11) is 0. The van der Waals surface area contributed by atoms with Crippen molar-refractivity contribution in [3.63, 3.8) is 0 Å². The van der Waals surface area contributed by atoms with Crippen molar-refractivity contribution in [3.05, 3.63) is 36.3 Å². The molecule has 21 heavy (non-hydrogen) atoms. The van der Waals surface area contributed by atoms with Gasteiger partial charge in [0.25, 0.3) is 0 Å². The minimum absolute atomic E-state index is 0.449. The Balaban J connectivity index is 1.73. The van der Waals surface area contributed by atoms with Crippen molar-refractivity contribution in [2.45, 2.75) is 0 Å². The van der Waals surface area contributed by atoms with Gasteiger partial charge >= 0.3 is 0 Å². The van der Waals surface area contributed by atoms with Gasteiger partial charge in [0, 0.05) is 44.8 Å². The predicted octanol–water partition coefficient (Wildman–Crippen LogP) is 0.652. The first-order valence-corrected chi connectivity index (χ1v) is 6.71. The molecule has 0 aromatic carbocycles. The highest BCUT2D eigenvalue weighted by molar-refractivity contribution is 5.70. The number of nitrogen functional groups attached to an aromatic ring is 1. The number of hydrogen-bond donors (Lipinski definition) is 1. The summed E-state index contributed by atoms with van der Waals surface area (Å²) in [6.07, 6.45) is 5.10. The summed E-state index contributed by atoms with van der Waals surface area (Å²) >= 11 is 0. The highest BCUT2D eigenvalue weighted by Crippen LogP contribution is 2.24. The molecule has 0 unspecified atom stereocenters. The summed E-state index contributed by atoms with van der Waals surface area (Å²) in [6.45, 7) is 3.12. The fourth-order valence-electron chi connectivity index (χ4n) is 2.38. The van der Waals surface area contributed by atoms with Crippen LogP contribution in [0.4, 0.5) is 17.5 Å². The minimum Gasteiger partial charge on any atom is -0.395 e. The number of piperazine rings is 1. The van der Waals surface area contributed by atoms with Gasteiger partial charge in [0.1, 0.15) is 6.07 Å². The van der Waals surface area contributed by atoms with Crippen molar-refractivity contribution >= 4 is 17.5 Å². The molecule has 1 fully saturated rings. The van der Waals surface area contributed by atoms with E-state index in [1.54, 1.807) is 30.7 Å². The topological polar surface area (TPSA) is 95.0 Å². The molecule has 2 N–H and O–H groups in total. The summed E-state index contributed by atoms with van der Waals surface area (Å²) in [5.41, 5.74) is 6.92. The highest BCUT2D eigenvalue weighted by Gasteiger charge is 2.21. The van der Waals surface area contributed by atoms with Gasteiger partial charge in [-0.1, -0.05) is 0 Å². The number of nitrogens with zero attached hydrogens (tertiary/aromatic N) is 6. The summed E-state index contributed by atoms with van der Waals surface area (Å²) in [5.74, 6) is 1.42. The van der Waals surface area contributed by atoms with E-state index < -0.39 is 0 Å². The third-order valence-electron chi connectivity index (χ3n) is 3.50. The van der Waals surface area contributed by atoms with Crippen LogP contribution in [0.2, 0.25) is 0 Å². The summed E-state index contributed by atoms with van der Waals surface area (Å²) in [6, 6.07) is 5.52. The van der Waals surface area contributed by atoms with Gasteiger partial charge in [0.05, 0.1) is 11.3 Å². The van der Waals surface area contributed by atoms with E-state index in [2.05, 4.69) is 30.8 Å². The van der Waals surface area contributed by atoms with Crippen LogP contribution in [-0.2, 0) is 0 Å². The summed E-state index contributed by atoms with van der Waals surface area (Å²) in [5, 5.41) is 9.03. The maximum atomic E-state index is 9.03. The number of pyridine rings is 1. The second-order valence-corrected chi connectivity index (χ2v) is 4.73. The normalized spacial score (nSPS) is 14.8. The fourth-order valence-corrected chi connectivity index (χ4v) is 2.38.